The molecular weight excluding hydrogens is 564 g/mol. The molecule has 0 saturated carbocycles. The number of esters is 1. The predicted molar refractivity (Wildman–Crippen MR) is 172 cm³/mol. The minimum Gasteiger partial charge on any atom is -0.490 e. The van der Waals surface area contributed by atoms with E-state index in [9.17, 15) is 30.3 Å². The zero-order chi connectivity index (χ0) is 33.9. The summed E-state index contributed by atoms with van der Waals surface area (Å²) in [5.41, 5.74) is 1.77. The van der Waals surface area contributed by atoms with E-state index in [2.05, 4.69) is 0 Å². The summed E-state index contributed by atoms with van der Waals surface area (Å²) in [4.78, 5) is 13.4. The molecule has 5 N–H and O–H groups in total. The Balaban J connectivity index is 3.42. The fourth-order valence-corrected chi connectivity index (χ4v) is 5.90. The number of cyclic esters (lactones) is 1. The zero-order valence-electron chi connectivity index (χ0n) is 28.7. The van der Waals surface area contributed by atoms with Crippen molar-refractivity contribution in [3.05, 3.63) is 47.3 Å². The standard InChI is InChI=1S/C35H60O9/c1-19(2)31(38)24(7)27(36)18-28(37)25(8)33(40)26(9)34-29(42-10)14-12-13-20(3)15-22(5)32(39)23(6)16-21(4)17-30(43-11)35(41)44-34/h12-14,16-17,19,22-29,31-34,36-40H,15,18H2,1-11H3/b14-12+,20-13+,21-16+,30-17-/t22-,23+,24-,25+,26-,27-,28?,29-,31?,32-,33-,34+/m0/s1. The van der Waals surface area contributed by atoms with Crippen LogP contribution in [0.3, 0.4) is 0 Å². The van der Waals surface area contributed by atoms with E-state index in [-0.39, 0.29) is 29.9 Å². The highest BCUT2D eigenvalue weighted by atomic mass is 16.6. The van der Waals surface area contributed by atoms with Gasteiger partial charge in [-0.3, -0.25) is 0 Å². The molecule has 254 valence electrons. The molecule has 0 saturated heterocycles. The number of hydrogen-bond acceptors (Lipinski definition) is 9. The molecule has 1 aliphatic rings. The van der Waals surface area contributed by atoms with Crippen LogP contribution in [-0.2, 0) is 19.0 Å². The first-order valence-electron chi connectivity index (χ1n) is 15.9. The summed E-state index contributed by atoms with van der Waals surface area (Å²) in [5.74, 6) is -2.91. The maximum Gasteiger partial charge on any atom is 0.373 e. The van der Waals surface area contributed by atoms with E-state index in [0.717, 1.165) is 11.1 Å². The van der Waals surface area contributed by atoms with Crippen molar-refractivity contribution in [3.8, 4) is 0 Å². The molecular formula is C35H60O9. The Morgan fingerprint density at radius 1 is 0.955 bits per heavy atom. The van der Waals surface area contributed by atoms with Gasteiger partial charge in [0.25, 0.3) is 0 Å². The highest BCUT2D eigenvalue weighted by Crippen LogP contribution is 2.29. The lowest BCUT2D eigenvalue weighted by Crippen LogP contribution is -2.47. The number of ether oxygens (including phenoxy) is 3. The molecule has 0 aromatic rings. The van der Waals surface area contributed by atoms with Crippen LogP contribution in [0.15, 0.2) is 47.3 Å². The Morgan fingerprint density at radius 3 is 2.05 bits per heavy atom. The van der Waals surface area contributed by atoms with Crippen LogP contribution in [0.4, 0.5) is 0 Å². The van der Waals surface area contributed by atoms with Gasteiger partial charge in [-0.2, -0.15) is 0 Å². The maximum absolute atomic E-state index is 13.4. The maximum atomic E-state index is 13.4. The summed E-state index contributed by atoms with van der Waals surface area (Å²) < 4.78 is 17.1. The number of aliphatic hydroxyl groups excluding tert-OH is 5. The number of carbonyl (C=O) groups is 1. The molecule has 0 aromatic heterocycles. The number of carbonyl (C=O) groups excluding carboxylic acids is 1. The SMILES string of the molecule is CO/C1=C\C(C)=C\[C@@H](C)[C@@H](O)[C@@H](C)C/C(C)=C/C=C/[C@H](OC)[C@@H]([C@@H](C)[C@@H](O)[C@H](C)C(O)C[C@H](O)[C@H](C)C(O)C(C)C)OC1=O. The molecule has 9 heteroatoms. The molecule has 2 unspecified atom stereocenters. The van der Waals surface area contributed by atoms with Crippen LogP contribution in [-0.4, -0.2) is 88.4 Å². The van der Waals surface area contributed by atoms with Crippen LogP contribution in [0.2, 0.25) is 0 Å². The van der Waals surface area contributed by atoms with Crippen molar-refractivity contribution >= 4 is 5.97 Å². The van der Waals surface area contributed by atoms with Crippen molar-refractivity contribution < 1.29 is 44.5 Å². The molecule has 9 nitrogen and oxygen atoms in total. The minimum atomic E-state index is -1.14. The first-order valence-corrected chi connectivity index (χ1v) is 15.9. The van der Waals surface area contributed by atoms with E-state index in [4.69, 9.17) is 14.2 Å². The molecule has 0 bridgehead atoms. The van der Waals surface area contributed by atoms with Gasteiger partial charge in [0.15, 0.2) is 0 Å². The van der Waals surface area contributed by atoms with E-state index < -0.39 is 66.5 Å². The van der Waals surface area contributed by atoms with E-state index in [0.29, 0.717) is 6.42 Å². The van der Waals surface area contributed by atoms with Crippen molar-refractivity contribution in [2.24, 2.45) is 35.5 Å². The van der Waals surface area contributed by atoms with Crippen molar-refractivity contribution in [2.75, 3.05) is 14.2 Å². The van der Waals surface area contributed by atoms with Gasteiger partial charge in [-0.05, 0) is 44.6 Å². The third kappa shape index (κ3) is 11.7. The first kappa shape index (κ1) is 40.0. The van der Waals surface area contributed by atoms with Crippen LogP contribution < -0.4 is 0 Å². The molecule has 0 amide bonds. The fourth-order valence-electron chi connectivity index (χ4n) is 5.90. The normalized spacial score (nSPS) is 33.6. The summed E-state index contributed by atoms with van der Waals surface area (Å²) in [6.45, 7) is 16.6. The Labute approximate surface area is 265 Å². The molecule has 0 fully saturated rings. The molecule has 0 aromatic carbocycles. The Kier molecular flexibility index (Phi) is 17.1. The lowest BCUT2D eigenvalue weighted by molar-refractivity contribution is -0.163. The average Bonchev–Trinajstić information content (AvgIpc) is 2.97. The van der Waals surface area contributed by atoms with Gasteiger partial charge >= 0.3 is 5.97 Å². The Hall–Kier alpha value is -2.01. The second-order valence-electron chi connectivity index (χ2n) is 13.3. The molecule has 1 rings (SSSR count). The van der Waals surface area contributed by atoms with Gasteiger partial charge in [0, 0.05) is 30.8 Å². The number of hydrogen-bond donors (Lipinski definition) is 5. The van der Waals surface area contributed by atoms with E-state index >= 15 is 0 Å². The van der Waals surface area contributed by atoms with Gasteiger partial charge in [0.1, 0.15) is 12.2 Å². The third-order valence-electron chi connectivity index (χ3n) is 9.11. The average molecular weight is 625 g/mol. The Bertz CT molecular complexity index is 1000. The molecule has 0 aliphatic carbocycles. The van der Waals surface area contributed by atoms with E-state index in [1.54, 1.807) is 32.9 Å². The third-order valence-corrected chi connectivity index (χ3v) is 9.11. The number of methoxy groups -OCH3 is 2. The summed E-state index contributed by atoms with van der Waals surface area (Å²) in [6.07, 6.45) is 3.32. The second kappa shape index (κ2) is 18.8. The minimum absolute atomic E-state index is 0.00774. The Morgan fingerprint density at radius 2 is 1.52 bits per heavy atom. The van der Waals surface area contributed by atoms with Gasteiger partial charge < -0.3 is 39.7 Å². The van der Waals surface area contributed by atoms with Crippen LogP contribution in [0.1, 0.15) is 75.2 Å². The molecule has 0 radical (unpaired) electrons. The van der Waals surface area contributed by atoms with E-state index in [1.165, 1.54) is 14.2 Å². The highest BCUT2D eigenvalue weighted by Gasteiger charge is 2.39. The first-order chi connectivity index (χ1) is 20.5. The lowest BCUT2D eigenvalue weighted by Gasteiger charge is -2.36. The van der Waals surface area contributed by atoms with Crippen LogP contribution in [0.25, 0.3) is 0 Å². The highest BCUT2D eigenvalue weighted by molar-refractivity contribution is 5.87. The van der Waals surface area contributed by atoms with E-state index in [1.807, 2.05) is 59.8 Å². The summed E-state index contributed by atoms with van der Waals surface area (Å²) in [5, 5.41) is 54.4. The van der Waals surface area contributed by atoms with Gasteiger partial charge in [-0.25, -0.2) is 4.79 Å². The molecule has 0 spiro atoms. The van der Waals surface area contributed by atoms with Crippen LogP contribution >= 0.6 is 0 Å². The van der Waals surface area contributed by atoms with Gasteiger partial charge in [0.2, 0.25) is 5.76 Å². The predicted octanol–water partition coefficient (Wildman–Crippen LogP) is 4.33. The van der Waals surface area contributed by atoms with Crippen molar-refractivity contribution in [1.29, 1.82) is 0 Å². The molecule has 1 heterocycles. The number of rotatable bonds is 11. The van der Waals surface area contributed by atoms with Crippen LogP contribution in [0, 0.1) is 35.5 Å². The van der Waals surface area contributed by atoms with Gasteiger partial charge in [-0.15, -0.1) is 0 Å². The van der Waals surface area contributed by atoms with Gasteiger partial charge in [0.05, 0.1) is 37.6 Å². The summed E-state index contributed by atoms with van der Waals surface area (Å²) in [6, 6.07) is 0. The smallest absolute Gasteiger partial charge is 0.373 e. The summed E-state index contributed by atoms with van der Waals surface area (Å²) >= 11 is 0. The van der Waals surface area contributed by atoms with Crippen molar-refractivity contribution in [1.82, 2.24) is 0 Å². The van der Waals surface area contributed by atoms with Crippen LogP contribution in [0.5, 0.6) is 0 Å². The number of allylic oxidation sites excluding steroid dienone is 5. The fraction of sp³-hybridized carbons (Fsp3) is 0.743. The van der Waals surface area contributed by atoms with Gasteiger partial charge in [-0.1, -0.05) is 83.9 Å². The zero-order valence-corrected chi connectivity index (χ0v) is 28.7. The lowest BCUT2D eigenvalue weighted by atomic mass is 9.81. The quantitative estimate of drug-likeness (QED) is 0.212. The molecule has 12 atom stereocenters. The second-order valence-corrected chi connectivity index (χ2v) is 13.3. The topological polar surface area (TPSA) is 146 Å². The largest absolute Gasteiger partial charge is 0.490 e. The molecule has 44 heavy (non-hydrogen) atoms. The van der Waals surface area contributed by atoms with Crippen molar-refractivity contribution in [3.63, 3.8) is 0 Å². The summed E-state index contributed by atoms with van der Waals surface area (Å²) in [7, 11) is 2.86. The monoisotopic (exact) mass is 624 g/mol. The molecule has 1 aliphatic heterocycles. The van der Waals surface area contributed by atoms with Crippen molar-refractivity contribution in [2.45, 2.75) is 118 Å². The number of aliphatic hydroxyl groups is 5.